The first-order valence-electron chi connectivity index (χ1n) is 9.74. The molecule has 1 N–H and O–H groups in total. The van der Waals surface area contributed by atoms with Crippen LogP contribution < -0.4 is 10.9 Å². The topological polar surface area (TPSA) is 51.3 Å². The molecule has 0 saturated carbocycles. The molecule has 0 spiro atoms. The predicted octanol–water partition coefficient (Wildman–Crippen LogP) is 4.96. The zero-order valence-electron chi connectivity index (χ0n) is 17.4. The van der Waals surface area contributed by atoms with Crippen LogP contribution in [0.15, 0.2) is 88.9 Å². The Bertz CT molecular complexity index is 1150. The van der Waals surface area contributed by atoms with Gasteiger partial charge in [-0.1, -0.05) is 43.0 Å². The van der Waals surface area contributed by atoms with E-state index in [1.165, 1.54) is 12.1 Å². The van der Waals surface area contributed by atoms with Crippen molar-refractivity contribution in [2.75, 3.05) is 5.32 Å². The van der Waals surface area contributed by atoms with Crippen molar-refractivity contribution in [3.05, 3.63) is 101 Å². The smallest absolute Gasteiger partial charge is 0.275 e. The van der Waals surface area contributed by atoms with Crippen LogP contribution in [0.4, 0.5) is 10.1 Å². The van der Waals surface area contributed by atoms with Gasteiger partial charge in [-0.05, 0) is 49.8 Å². The lowest BCUT2D eigenvalue weighted by atomic mass is 10.0. The summed E-state index contributed by atoms with van der Waals surface area (Å²) in [6.45, 7) is 8.30. The molecule has 0 saturated heterocycles. The van der Waals surface area contributed by atoms with Gasteiger partial charge in [-0.15, -0.1) is 0 Å². The molecule has 1 aromatic heterocycles. The molecule has 0 aliphatic rings. The molecule has 30 heavy (non-hydrogen) atoms. The van der Waals surface area contributed by atoms with E-state index >= 15 is 0 Å². The number of halogens is 1. The fourth-order valence-corrected chi connectivity index (χ4v) is 3.36. The highest BCUT2D eigenvalue weighted by molar-refractivity contribution is 6.12. The van der Waals surface area contributed by atoms with E-state index in [0.29, 0.717) is 34.9 Å². The standard InChI is InChI=1S/C24H25FN4O/c1-5-10-21(27-17(3)26-20-11-8-7-9-12-20)23-22(18-13-15-19(25)16-14-18)24(30)29(6-2)28(23)4/h5,7-16,26H,3,6H2,1-2,4H3/b10-5-,27-21+. The molecule has 0 radical (unpaired) electrons. The van der Waals surface area contributed by atoms with Crippen LogP contribution in [0.2, 0.25) is 0 Å². The van der Waals surface area contributed by atoms with E-state index in [9.17, 15) is 9.18 Å². The van der Waals surface area contributed by atoms with E-state index in [0.717, 1.165) is 5.69 Å². The van der Waals surface area contributed by atoms with Gasteiger partial charge in [-0.2, -0.15) is 0 Å². The minimum Gasteiger partial charge on any atom is -0.341 e. The third-order valence-corrected chi connectivity index (χ3v) is 4.69. The number of hydrogen-bond acceptors (Lipinski definition) is 3. The van der Waals surface area contributed by atoms with Crippen LogP contribution in [0.5, 0.6) is 0 Å². The Balaban J connectivity index is 2.15. The monoisotopic (exact) mass is 404 g/mol. The van der Waals surface area contributed by atoms with Crippen LogP contribution in [-0.4, -0.2) is 15.1 Å². The number of benzene rings is 2. The molecule has 0 aliphatic heterocycles. The molecule has 5 nitrogen and oxygen atoms in total. The minimum atomic E-state index is -0.352. The number of nitrogens with one attached hydrogen (secondary N) is 1. The summed E-state index contributed by atoms with van der Waals surface area (Å²) >= 11 is 0. The van der Waals surface area contributed by atoms with E-state index in [1.54, 1.807) is 21.5 Å². The summed E-state index contributed by atoms with van der Waals surface area (Å²) in [5, 5.41) is 3.16. The molecule has 0 bridgehead atoms. The molecular weight excluding hydrogens is 379 g/mol. The second-order valence-corrected chi connectivity index (χ2v) is 6.71. The van der Waals surface area contributed by atoms with Gasteiger partial charge >= 0.3 is 0 Å². The first-order valence-corrected chi connectivity index (χ1v) is 9.74. The third kappa shape index (κ3) is 4.33. The maximum atomic E-state index is 13.5. The van der Waals surface area contributed by atoms with Gasteiger partial charge in [-0.3, -0.25) is 14.2 Å². The van der Waals surface area contributed by atoms with Gasteiger partial charge in [0.2, 0.25) is 0 Å². The number of allylic oxidation sites excluding steroid dienone is 2. The Morgan fingerprint density at radius 3 is 2.43 bits per heavy atom. The van der Waals surface area contributed by atoms with Crippen molar-refractivity contribution in [1.29, 1.82) is 0 Å². The Labute approximate surface area is 175 Å². The number of hydrogen-bond donors (Lipinski definition) is 1. The van der Waals surface area contributed by atoms with E-state index in [-0.39, 0.29) is 11.4 Å². The molecule has 6 heteroatoms. The summed E-state index contributed by atoms with van der Waals surface area (Å²) < 4.78 is 16.9. The maximum absolute atomic E-state index is 13.5. The molecule has 154 valence electrons. The molecule has 3 rings (SSSR count). The van der Waals surface area contributed by atoms with Gasteiger partial charge in [0, 0.05) is 19.3 Å². The summed E-state index contributed by atoms with van der Waals surface area (Å²) in [5.41, 5.74) is 3.05. The van der Waals surface area contributed by atoms with Gasteiger partial charge < -0.3 is 5.32 Å². The summed E-state index contributed by atoms with van der Waals surface area (Å²) in [4.78, 5) is 17.8. The van der Waals surface area contributed by atoms with Crippen molar-refractivity contribution in [2.45, 2.75) is 20.4 Å². The van der Waals surface area contributed by atoms with Gasteiger partial charge in [0.05, 0.1) is 17.0 Å². The fourth-order valence-electron chi connectivity index (χ4n) is 3.36. The lowest BCUT2D eigenvalue weighted by molar-refractivity contribution is 0.517. The highest BCUT2D eigenvalue weighted by atomic mass is 19.1. The minimum absolute atomic E-state index is 0.152. The number of rotatable bonds is 7. The molecule has 0 fully saturated rings. The van der Waals surface area contributed by atoms with Gasteiger partial charge in [0.15, 0.2) is 0 Å². The summed E-state index contributed by atoms with van der Waals surface area (Å²) in [6.07, 6.45) is 3.69. The van der Waals surface area contributed by atoms with Crippen molar-refractivity contribution < 1.29 is 4.39 Å². The second-order valence-electron chi connectivity index (χ2n) is 6.71. The first-order chi connectivity index (χ1) is 14.5. The highest BCUT2D eigenvalue weighted by Gasteiger charge is 2.22. The molecule has 0 atom stereocenters. The van der Waals surface area contributed by atoms with E-state index < -0.39 is 0 Å². The molecule has 2 aromatic carbocycles. The highest BCUT2D eigenvalue weighted by Crippen LogP contribution is 2.23. The van der Waals surface area contributed by atoms with Crippen LogP contribution in [0.3, 0.4) is 0 Å². The van der Waals surface area contributed by atoms with Crippen LogP contribution in [0.1, 0.15) is 19.5 Å². The first kappa shape index (κ1) is 21.0. The Kier molecular flexibility index (Phi) is 6.47. The van der Waals surface area contributed by atoms with Crippen molar-refractivity contribution in [3.8, 4) is 11.1 Å². The van der Waals surface area contributed by atoms with Crippen LogP contribution in [0, 0.1) is 5.82 Å². The fraction of sp³-hybridized carbons (Fsp3) is 0.167. The summed E-state index contributed by atoms with van der Waals surface area (Å²) in [5.74, 6) is 0.0888. The predicted molar refractivity (Wildman–Crippen MR) is 121 cm³/mol. The van der Waals surface area contributed by atoms with E-state index in [4.69, 9.17) is 0 Å². The van der Waals surface area contributed by atoms with Gasteiger partial charge in [0.25, 0.3) is 5.56 Å². The Morgan fingerprint density at radius 2 is 1.83 bits per heavy atom. The van der Waals surface area contributed by atoms with Crippen molar-refractivity contribution in [1.82, 2.24) is 9.36 Å². The largest absolute Gasteiger partial charge is 0.341 e. The van der Waals surface area contributed by atoms with Crippen molar-refractivity contribution >= 4 is 11.4 Å². The number of aromatic nitrogens is 2. The zero-order chi connectivity index (χ0) is 21.7. The van der Waals surface area contributed by atoms with Gasteiger partial charge in [-0.25, -0.2) is 9.38 Å². The molecule has 0 amide bonds. The lowest BCUT2D eigenvalue weighted by Gasteiger charge is -2.11. The number of para-hydroxylation sites is 1. The zero-order valence-corrected chi connectivity index (χ0v) is 17.4. The van der Waals surface area contributed by atoms with E-state index in [1.807, 2.05) is 63.4 Å². The Hall–Kier alpha value is -3.67. The quantitative estimate of drug-likeness (QED) is 0.566. The molecule has 0 aliphatic carbocycles. The average molecular weight is 404 g/mol. The number of nitrogens with zero attached hydrogens (tertiary/aromatic N) is 3. The summed E-state index contributed by atoms with van der Waals surface area (Å²) in [6, 6.07) is 15.5. The number of anilines is 1. The lowest BCUT2D eigenvalue weighted by Crippen LogP contribution is -2.21. The Morgan fingerprint density at radius 1 is 1.17 bits per heavy atom. The molecule has 3 aromatic rings. The normalized spacial score (nSPS) is 11.8. The average Bonchev–Trinajstić information content (AvgIpc) is 2.98. The molecule has 1 heterocycles. The van der Waals surface area contributed by atoms with Crippen molar-refractivity contribution in [2.24, 2.45) is 12.0 Å². The molecular formula is C24H25FN4O. The summed E-state index contributed by atoms with van der Waals surface area (Å²) in [7, 11) is 1.82. The van der Waals surface area contributed by atoms with Crippen LogP contribution in [-0.2, 0) is 13.6 Å². The van der Waals surface area contributed by atoms with Crippen LogP contribution in [0.25, 0.3) is 11.1 Å². The maximum Gasteiger partial charge on any atom is 0.275 e. The number of aliphatic imine (C=N–C) groups is 1. The second kappa shape index (κ2) is 9.22. The van der Waals surface area contributed by atoms with Crippen LogP contribution >= 0.6 is 0 Å². The van der Waals surface area contributed by atoms with Gasteiger partial charge in [0.1, 0.15) is 11.6 Å². The SMILES string of the molecule is C=C(/N=C(\C=C/C)c1c(-c2ccc(F)cc2)c(=O)n(CC)n1C)Nc1ccccc1. The molecule has 0 unspecified atom stereocenters. The third-order valence-electron chi connectivity index (χ3n) is 4.69. The van der Waals surface area contributed by atoms with E-state index in [2.05, 4.69) is 16.9 Å². The van der Waals surface area contributed by atoms with Crippen molar-refractivity contribution in [3.63, 3.8) is 0 Å².